The average Bonchev–Trinajstić information content (AvgIpc) is 3.36. The van der Waals surface area contributed by atoms with Gasteiger partial charge in [0.05, 0.1) is 18.7 Å². The van der Waals surface area contributed by atoms with Gasteiger partial charge in [-0.25, -0.2) is 4.98 Å². The molecule has 8 nitrogen and oxygen atoms in total. The number of aryl methyl sites for hydroxylation is 1. The van der Waals surface area contributed by atoms with Gasteiger partial charge < -0.3 is 13.7 Å². The smallest absolute Gasteiger partial charge is 0.308 e. The maximum atomic E-state index is 12.3. The van der Waals surface area contributed by atoms with E-state index in [4.69, 9.17) is 13.7 Å². The molecule has 4 rings (SSSR count). The van der Waals surface area contributed by atoms with Gasteiger partial charge in [-0.15, -0.1) is 0 Å². The third-order valence-electron chi connectivity index (χ3n) is 4.01. The highest BCUT2D eigenvalue weighted by Crippen LogP contribution is 2.32. The molecule has 3 aromatic rings. The Morgan fingerprint density at radius 2 is 2.35 bits per heavy atom. The summed E-state index contributed by atoms with van der Waals surface area (Å²) in [6, 6.07) is 4.90. The molecule has 0 amide bonds. The molecule has 0 aromatic carbocycles. The van der Waals surface area contributed by atoms with Crippen LogP contribution in [0.15, 0.2) is 49.6 Å². The predicted molar refractivity (Wildman–Crippen MR) is 91.6 cm³/mol. The lowest BCUT2D eigenvalue weighted by Crippen LogP contribution is -2.27. The van der Waals surface area contributed by atoms with Gasteiger partial charge in [0.1, 0.15) is 12.3 Å². The Morgan fingerprint density at radius 3 is 3.15 bits per heavy atom. The van der Waals surface area contributed by atoms with Crippen molar-refractivity contribution in [3.05, 3.63) is 52.3 Å². The van der Waals surface area contributed by atoms with Crippen molar-refractivity contribution in [2.75, 3.05) is 5.75 Å². The summed E-state index contributed by atoms with van der Waals surface area (Å²) in [6.07, 6.45) is 3.20. The van der Waals surface area contributed by atoms with Gasteiger partial charge in [0.15, 0.2) is 10.9 Å². The first-order valence-corrected chi connectivity index (χ1v) is 8.96. The summed E-state index contributed by atoms with van der Waals surface area (Å²) in [6.45, 7) is 1.71. The fourth-order valence-corrected chi connectivity index (χ4v) is 3.80. The molecule has 134 valence electrons. The molecule has 1 atom stereocenters. The topological polar surface area (TPSA) is 100 Å². The van der Waals surface area contributed by atoms with Crippen molar-refractivity contribution in [2.45, 2.75) is 31.1 Å². The number of ether oxygens (including phenoxy) is 1. The third-order valence-corrected chi connectivity index (χ3v) is 5.12. The molecule has 0 fully saturated rings. The SMILES string of the molecule is Cc1cnc2n(c1=O)[C@H](CC(=O)OCc1cc(-c3ccco3)on1)CS2. The van der Waals surface area contributed by atoms with Crippen LogP contribution in [0.5, 0.6) is 0 Å². The number of rotatable bonds is 5. The van der Waals surface area contributed by atoms with Crippen LogP contribution in [0.1, 0.15) is 23.7 Å². The van der Waals surface area contributed by atoms with Gasteiger partial charge in [0, 0.05) is 23.6 Å². The molecule has 3 aromatic heterocycles. The van der Waals surface area contributed by atoms with E-state index < -0.39 is 5.97 Å². The van der Waals surface area contributed by atoms with Crippen LogP contribution in [0, 0.1) is 6.92 Å². The second-order valence-corrected chi connectivity index (χ2v) is 6.88. The fraction of sp³-hybridized carbons (Fsp3) is 0.294. The second kappa shape index (κ2) is 6.83. The van der Waals surface area contributed by atoms with Crippen LogP contribution in [0.4, 0.5) is 0 Å². The summed E-state index contributed by atoms with van der Waals surface area (Å²) >= 11 is 1.46. The highest BCUT2D eigenvalue weighted by molar-refractivity contribution is 7.99. The quantitative estimate of drug-likeness (QED) is 0.497. The van der Waals surface area contributed by atoms with Gasteiger partial charge in [-0.2, -0.15) is 0 Å². The monoisotopic (exact) mass is 373 g/mol. The van der Waals surface area contributed by atoms with Crippen LogP contribution in [-0.2, 0) is 16.1 Å². The van der Waals surface area contributed by atoms with E-state index in [1.54, 1.807) is 35.9 Å². The number of nitrogens with zero attached hydrogens (tertiary/aromatic N) is 3. The zero-order valence-electron chi connectivity index (χ0n) is 13.9. The van der Waals surface area contributed by atoms with E-state index >= 15 is 0 Å². The van der Waals surface area contributed by atoms with Crippen LogP contribution in [0.3, 0.4) is 0 Å². The Bertz CT molecular complexity index is 992. The van der Waals surface area contributed by atoms with Gasteiger partial charge >= 0.3 is 5.97 Å². The number of carbonyl (C=O) groups excluding carboxylic acids is 1. The van der Waals surface area contributed by atoms with Crippen molar-refractivity contribution in [3.8, 4) is 11.5 Å². The van der Waals surface area contributed by atoms with Gasteiger partial charge in [-0.3, -0.25) is 14.2 Å². The van der Waals surface area contributed by atoms with Crippen LogP contribution in [-0.4, -0.2) is 26.4 Å². The molecule has 0 radical (unpaired) electrons. The van der Waals surface area contributed by atoms with Gasteiger partial charge in [-0.05, 0) is 19.1 Å². The van der Waals surface area contributed by atoms with Crippen LogP contribution < -0.4 is 5.56 Å². The van der Waals surface area contributed by atoms with Crippen molar-refractivity contribution in [2.24, 2.45) is 0 Å². The normalized spacial score (nSPS) is 15.8. The second-order valence-electron chi connectivity index (χ2n) is 5.89. The number of furan rings is 1. The number of carbonyl (C=O) groups is 1. The summed E-state index contributed by atoms with van der Waals surface area (Å²) in [4.78, 5) is 28.7. The standard InChI is InChI=1S/C17H15N3O5S/c1-10-7-18-17-20(16(10)22)12(9-26-17)6-15(21)24-8-11-5-14(25-19-11)13-3-2-4-23-13/h2-5,7,12H,6,8-9H2,1H3/t12-/m1/s1. The van der Waals surface area contributed by atoms with Crippen molar-refractivity contribution in [1.82, 2.24) is 14.7 Å². The Balaban J connectivity index is 1.38. The Labute approximate surface area is 152 Å². The van der Waals surface area contributed by atoms with Gasteiger partial charge in [0.25, 0.3) is 5.56 Å². The first-order valence-electron chi connectivity index (χ1n) is 7.98. The van der Waals surface area contributed by atoms with Gasteiger partial charge in [-0.1, -0.05) is 16.9 Å². The Morgan fingerprint density at radius 1 is 1.46 bits per heavy atom. The molecule has 4 heterocycles. The highest BCUT2D eigenvalue weighted by Gasteiger charge is 2.28. The summed E-state index contributed by atoms with van der Waals surface area (Å²) < 4.78 is 17.2. The van der Waals surface area contributed by atoms with E-state index in [1.807, 2.05) is 0 Å². The fourth-order valence-electron chi connectivity index (χ4n) is 2.69. The minimum Gasteiger partial charge on any atom is -0.461 e. The molecule has 1 aliphatic heterocycles. The first kappa shape index (κ1) is 16.6. The van der Waals surface area contributed by atoms with Crippen LogP contribution in [0.25, 0.3) is 11.5 Å². The van der Waals surface area contributed by atoms with Crippen LogP contribution in [0.2, 0.25) is 0 Å². The summed E-state index contributed by atoms with van der Waals surface area (Å²) in [5.41, 5.74) is 0.931. The minimum atomic E-state index is -0.403. The number of hydrogen-bond donors (Lipinski definition) is 0. The van der Waals surface area contributed by atoms with E-state index in [0.29, 0.717) is 33.7 Å². The Hall–Kier alpha value is -2.81. The molecule has 0 bridgehead atoms. The molecule has 0 unspecified atom stereocenters. The average molecular weight is 373 g/mol. The predicted octanol–water partition coefficient (Wildman–Crippen LogP) is 2.58. The van der Waals surface area contributed by atoms with Crippen molar-refractivity contribution in [1.29, 1.82) is 0 Å². The summed E-state index contributed by atoms with van der Waals surface area (Å²) in [5.74, 6) is 1.24. The van der Waals surface area contributed by atoms with E-state index in [-0.39, 0.29) is 24.6 Å². The number of hydrogen-bond acceptors (Lipinski definition) is 8. The van der Waals surface area contributed by atoms with Crippen molar-refractivity contribution < 1.29 is 18.5 Å². The van der Waals surface area contributed by atoms with Crippen molar-refractivity contribution in [3.63, 3.8) is 0 Å². The molecule has 9 heteroatoms. The maximum absolute atomic E-state index is 12.3. The lowest BCUT2D eigenvalue weighted by Gasteiger charge is -2.12. The Kier molecular flexibility index (Phi) is 4.37. The zero-order valence-corrected chi connectivity index (χ0v) is 14.7. The van der Waals surface area contributed by atoms with E-state index in [0.717, 1.165) is 0 Å². The van der Waals surface area contributed by atoms with Crippen LogP contribution >= 0.6 is 11.8 Å². The first-order chi connectivity index (χ1) is 12.6. The molecule has 1 aliphatic rings. The number of fused-ring (bicyclic) bond motifs is 1. The van der Waals surface area contributed by atoms with Gasteiger partial charge in [0.2, 0.25) is 5.76 Å². The molecular weight excluding hydrogens is 358 g/mol. The number of esters is 1. The lowest BCUT2D eigenvalue weighted by atomic mass is 10.2. The lowest BCUT2D eigenvalue weighted by molar-refractivity contribution is -0.145. The highest BCUT2D eigenvalue weighted by atomic mass is 32.2. The summed E-state index contributed by atoms with van der Waals surface area (Å²) in [5, 5.41) is 4.49. The minimum absolute atomic E-state index is 0.00325. The van der Waals surface area contributed by atoms with E-state index in [1.165, 1.54) is 18.0 Å². The molecular formula is C17H15N3O5S. The molecule has 0 saturated heterocycles. The number of thioether (sulfide) groups is 1. The third kappa shape index (κ3) is 3.17. The molecule has 0 spiro atoms. The number of aromatic nitrogens is 3. The molecule has 0 N–H and O–H groups in total. The molecule has 0 saturated carbocycles. The van der Waals surface area contributed by atoms with E-state index in [2.05, 4.69) is 10.1 Å². The summed E-state index contributed by atoms with van der Waals surface area (Å²) in [7, 11) is 0. The zero-order chi connectivity index (χ0) is 18.1. The largest absolute Gasteiger partial charge is 0.461 e. The molecule has 26 heavy (non-hydrogen) atoms. The molecule has 0 aliphatic carbocycles. The maximum Gasteiger partial charge on any atom is 0.308 e. The van der Waals surface area contributed by atoms with Crippen molar-refractivity contribution >= 4 is 17.7 Å². The van der Waals surface area contributed by atoms with E-state index in [9.17, 15) is 9.59 Å².